The number of amides is 1. The van der Waals surface area contributed by atoms with Gasteiger partial charge in [0.2, 0.25) is 5.91 Å². The van der Waals surface area contributed by atoms with Crippen LogP contribution in [0.5, 0.6) is 0 Å². The zero-order valence-electron chi connectivity index (χ0n) is 12.7. The fraction of sp³-hybridized carbons (Fsp3) is 0.562. The van der Waals surface area contributed by atoms with Crippen LogP contribution in [0.1, 0.15) is 45.1 Å². The molecule has 1 unspecified atom stereocenters. The number of nitrogen functional groups attached to an aromatic ring is 1. The summed E-state index contributed by atoms with van der Waals surface area (Å²) in [6.45, 7) is 6.25. The lowest BCUT2D eigenvalue weighted by molar-refractivity contribution is -0.119. The molecule has 0 spiro atoms. The second-order valence-corrected chi connectivity index (χ2v) is 6.24. The fourth-order valence-electron chi connectivity index (χ4n) is 2.02. The van der Waals surface area contributed by atoms with E-state index in [9.17, 15) is 4.79 Å². The van der Waals surface area contributed by atoms with Gasteiger partial charge in [-0.1, -0.05) is 32.3 Å². The molecule has 0 heterocycles. The van der Waals surface area contributed by atoms with E-state index in [1.165, 1.54) is 19.3 Å². The lowest BCUT2D eigenvalue weighted by Crippen LogP contribution is -2.33. The number of hydrogen-bond acceptors (Lipinski definition) is 3. The second kappa shape index (κ2) is 8.90. The van der Waals surface area contributed by atoms with E-state index < -0.39 is 0 Å². The van der Waals surface area contributed by atoms with Crippen molar-refractivity contribution in [1.29, 1.82) is 0 Å². The molecule has 20 heavy (non-hydrogen) atoms. The first-order valence-electron chi connectivity index (χ1n) is 7.31. The number of hydrogen-bond donors (Lipinski definition) is 2. The van der Waals surface area contributed by atoms with Crippen molar-refractivity contribution in [2.45, 2.75) is 57.4 Å². The zero-order chi connectivity index (χ0) is 15.0. The Balaban J connectivity index is 2.34. The Kier molecular flexibility index (Phi) is 7.52. The molecule has 0 aliphatic heterocycles. The summed E-state index contributed by atoms with van der Waals surface area (Å²) in [5.74, 6) is 0.545. The molecule has 0 bridgehead atoms. The predicted molar refractivity (Wildman–Crippen MR) is 88.1 cm³/mol. The van der Waals surface area contributed by atoms with Gasteiger partial charge in [0.1, 0.15) is 0 Å². The Morgan fingerprint density at radius 1 is 1.40 bits per heavy atom. The third-order valence-corrected chi connectivity index (χ3v) is 4.49. The average molecular weight is 294 g/mol. The van der Waals surface area contributed by atoms with Gasteiger partial charge in [-0.25, -0.2) is 0 Å². The van der Waals surface area contributed by atoms with Crippen LogP contribution in [0.25, 0.3) is 0 Å². The number of unbranched alkanes of at least 4 members (excludes halogenated alkanes) is 2. The number of rotatable bonds is 8. The van der Waals surface area contributed by atoms with Gasteiger partial charge in [0.15, 0.2) is 0 Å². The van der Waals surface area contributed by atoms with E-state index in [0.29, 0.717) is 5.75 Å². The van der Waals surface area contributed by atoms with Gasteiger partial charge in [0.25, 0.3) is 0 Å². The molecule has 3 N–H and O–H groups in total. The highest BCUT2D eigenvalue weighted by atomic mass is 32.2. The molecule has 1 atom stereocenters. The molecule has 112 valence electrons. The van der Waals surface area contributed by atoms with E-state index in [4.69, 9.17) is 5.73 Å². The lowest BCUT2D eigenvalue weighted by Gasteiger charge is -2.14. The quantitative estimate of drug-likeness (QED) is 0.436. The van der Waals surface area contributed by atoms with Gasteiger partial charge >= 0.3 is 0 Å². The molecule has 0 aliphatic carbocycles. The Bertz CT molecular complexity index is 434. The van der Waals surface area contributed by atoms with Crippen LogP contribution in [0, 0.1) is 6.92 Å². The van der Waals surface area contributed by atoms with Gasteiger partial charge in [0.05, 0.1) is 5.75 Å². The van der Waals surface area contributed by atoms with Gasteiger partial charge in [-0.3, -0.25) is 4.79 Å². The summed E-state index contributed by atoms with van der Waals surface area (Å²) in [5.41, 5.74) is 7.70. The van der Waals surface area contributed by atoms with Crippen LogP contribution < -0.4 is 11.1 Å². The van der Waals surface area contributed by atoms with Crippen LogP contribution in [-0.4, -0.2) is 17.7 Å². The van der Waals surface area contributed by atoms with Crippen LogP contribution >= 0.6 is 11.8 Å². The molecule has 0 aliphatic rings. The number of thioether (sulfide) groups is 1. The largest absolute Gasteiger partial charge is 0.398 e. The minimum absolute atomic E-state index is 0.0980. The smallest absolute Gasteiger partial charge is 0.230 e. The first-order valence-corrected chi connectivity index (χ1v) is 8.30. The van der Waals surface area contributed by atoms with Crippen molar-refractivity contribution in [3.05, 3.63) is 23.8 Å². The third-order valence-electron chi connectivity index (χ3n) is 3.33. The first kappa shape index (κ1) is 16.9. The third kappa shape index (κ3) is 5.87. The van der Waals surface area contributed by atoms with Gasteiger partial charge in [0, 0.05) is 16.6 Å². The number of carbonyl (C=O) groups is 1. The first-order chi connectivity index (χ1) is 9.54. The molecule has 0 fully saturated rings. The van der Waals surface area contributed by atoms with E-state index in [1.54, 1.807) is 11.8 Å². The predicted octanol–water partition coefficient (Wildman–Crippen LogP) is 3.75. The molecule has 4 heteroatoms. The summed E-state index contributed by atoms with van der Waals surface area (Å²) in [6, 6.07) is 6.08. The highest BCUT2D eigenvalue weighted by Gasteiger charge is 2.09. The van der Waals surface area contributed by atoms with Crippen LogP contribution in [0.2, 0.25) is 0 Å². The fourth-order valence-corrected chi connectivity index (χ4v) is 2.90. The molecule has 1 aromatic rings. The van der Waals surface area contributed by atoms with Crippen LogP contribution in [0.3, 0.4) is 0 Å². The van der Waals surface area contributed by atoms with Gasteiger partial charge < -0.3 is 11.1 Å². The van der Waals surface area contributed by atoms with E-state index in [0.717, 1.165) is 22.6 Å². The minimum atomic E-state index is 0.0980. The Hall–Kier alpha value is -1.16. The van der Waals surface area contributed by atoms with Crippen LogP contribution in [0.4, 0.5) is 5.69 Å². The number of carbonyl (C=O) groups excluding carboxylic acids is 1. The van der Waals surface area contributed by atoms with Crippen molar-refractivity contribution in [2.75, 3.05) is 11.5 Å². The molecule has 0 radical (unpaired) electrons. The van der Waals surface area contributed by atoms with E-state index in [2.05, 4.69) is 19.2 Å². The number of nitrogens with two attached hydrogens (primary N) is 1. The summed E-state index contributed by atoms with van der Waals surface area (Å²) >= 11 is 1.55. The summed E-state index contributed by atoms with van der Waals surface area (Å²) in [4.78, 5) is 13.0. The maximum absolute atomic E-state index is 11.9. The van der Waals surface area contributed by atoms with E-state index >= 15 is 0 Å². The number of benzene rings is 1. The van der Waals surface area contributed by atoms with Gasteiger partial charge in [-0.05, 0) is 38.0 Å². The topological polar surface area (TPSA) is 55.1 Å². The molecule has 3 nitrogen and oxygen atoms in total. The average Bonchev–Trinajstić information content (AvgIpc) is 2.41. The van der Waals surface area contributed by atoms with Crippen molar-refractivity contribution in [2.24, 2.45) is 0 Å². The van der Waals surface area contributed by atoms with Gasteiger partial charge in [-0.15, -0.1) is 11.8 Å². The van der Waals surface area contributed by atoms with E-state index in [-0.39, 0.29) is 11.9 Å². The molecule has 0 saturated carbocycles. The maximum Gasteiger partial charge on any atom is 0.230 e. The minimum Gasteiger partial charge on any atom is -0.398 e. The summed E-state index contributed by atoms with van der Waals surface area (Å²) < 4.78 is 0. The SMILES string of the molecule is CCCCCC(C)NC(=O)CSc1cccc(N)c1C. The van der Waals surface area contributed by atoms with E-state index in [1.807, 2.05) is 25.1 Å². The molecular weight excluding hydrogens is 268 g/mol. The Labute approximate surface area is 126 Å². The summed E-state index contributed by atoms with van der Waals surface area (Å²) in [5, 5.41) is 3.05. The molecule has 0 saturated heterocycles. The molecule has 1 rings (SSSR count). The second-order valence-electron chi connectivity index (χ2n) is 5.22. The lowest BCUT2D eigenvalue weighted by atomic mass is 10.1. The van der Waals surface area contributed by atoms with Crippen LogP contribution in [-0.2, 0) is 4.79 Å². The highest BCUT2D eigenvalue weighted by Crippen LogP contribution is 2.25. The van der Waals surface area contributed by atoms with Crippen molar-refractivity contribution in [3.63, 3.8) is 0 Å². The monoisotopic (exact) mass is 294 g/mol. The summed E-state index contributed by atoms with van der Waals surface area (Å²) in [6.07, 6.45) is 4.68. The normalized spacial score (nSPS) is 12.2. The number of anilines is 1. The van der Waals surface area contributed by atoms with Crippen molar-refractivity contribution < 1.29 is 4.79 Å². The molecule has 0 aromatic heterocycles. The molecule has 1 aromatic carbocycles. The summed E-state index contributed by atoms with van der Waals surface area (Å²) in [7, 11) is 0. The van der Waals surface area contributed by atoms with Crippen molar-refractivity contribution in [3.8, 4) is 0 Å². The van der Waals surface area contributed by atoms with Crippen LogP contribution in [0.15, 0.2) is 23.1 Å². The van der Waals surface area contributed by atoms with Crippen molar-refractivity contribution in [1.82, 2.24) is 5.32 Å². The Morgan fingerprint density at radius 2 is 2.15 bits per heavy atom. The maximum atomic E-state index is 11.9. The highest BCUT2D eigenvalue weighted by molar-refractivity contribution is 8.00. The standard InChI is InChI=1S/C16H26N2OS/c1-4-5-6-8-12(2)18-16(19)11-20-15-10-7-9-14(17)13(15)3/h7,9-10,12H,4-6,8,11,17H2,1-3H3,(H,18,19). The molecule has 1 amide bonds. The number of nitrogens with one attached hydrogen (secondary N) is 1. The van der Waals surface area contributed by atoms with Gasteiger partial charge in [-0.2, -0.15) is 0 Å². The Morgan fingerprint density at radius 3 is 2.85 bits per heavy atom. The zero-order valence-corrected chi connectivity index (χ0v) is 13.6. The molecular formula is C16H26N2OS. The van der Waals surface area contributed by atoms with Crippen molar-refractivity contribution >= 4 is 23.4 Å².